The summed E-state index contributed by atoms with van der Waals surface area (Å²) in [5.41, 5.74) is 2.17. The van der Waals surface area contributed by atoms with Gasteiger partial charge in [0.1, 0.15) is 6.04 Å². The number of carbonyl (C=O) groups is 2. The van der Waals surface area contributed by atoms with Gasteiger partial charge in [0, 0.05) is 23.0 Å². The van der Waals surface area contributed by atoms with Gasteiger partial charge in [-0.15, -0.1) is 11.8 Å². The van der Waals surface area contributed by atoms with E-state index in [-0.39, 0.29) is 17.6 Å². The normalized spacial score (nSPS) is 11.7. The van der Waals surface area contributed by atoms with Crippen LogP contribution in [0, 0.1) is 6.92 Å². The van der Waals surface area contributed by atoms with E-state index in [2.05, 4.69) is 12.2 Å². The maximum atomic E-state index is 13.2. The molecule has 0 heterocycles. The maximum Gasteiger partial charge on any atom is 0.242 e. The quantitative estimate of drug-likeness (QED) is 0.368. The minimum absolute atomic E-state index is 0.0457. The van der Waals surface area contributed by atoms with Crippen LogP contribution in [0.2, 0.25) is 5.02 Å². The predicted octanol–water partition coefficient (Wildman–Crippen LogP) is 5.46. The van der Waals surface area contributed by atoms with E-state index in [1.54, 1.807) is 4.90 Å². The van der Waals surface area contributed by atoms with Gasteiger partial charge in [-0.2, -0.15) is 0 Å². The second-order valence-corrected chi connectivity index (χ2v) is 8.74. The standard InChI is InChI=1S/C24H31ClN2O2S/c1-4-6-15-26-24(29)22(5-2)27(16-19-10-8-7-9-18(19)3)23(28)17-30-21-13-11-20(25)12-14-21/h7-14,22H,4-6,15-17H2,1-3H3,(H,26,29)/t22-/m1/s1. The Morgan fingerprint density at radius 1 is 1.10 bits per heavy atom. The van der Waals surface area contributed by atoms with Crippen LogP contribution in [0.25, 0.3) is 0 Å². The van der Waals surface area contributed by atoms with Gasteiger partial charge in [0.05, 0.1) is 5.75 Å². The van der Waals surface area contributed by atoms with Crippen LogP contribution in [-0.4, -0.2) is 35.1 Å². The van der Waals surface area contributed by atoms with Gasteiger partial charge in [0.25, 0.3) is 0 Å². The number of nitrogens with one attached hydrogen (secondary N) is 1. The van der Waals surface area contributed by atoms with Gasteiger partial charge >= 0.3 is 0 Å². The second kappa shape index (κ2) is 12.7. The molecule has 2 rings (SSSR count). The van der Waals surface area contributed by atoms with Gasteiger partial charge in [-0.1, -0.05) is 56.1 Å². The molecular weight excluding hydrogens is 416 g/mol. The summed E-state index contributed by atoms with van der Waals surface area (Å²) in [5, 5.41) is 3.66. The van der Waals surface area contributed by atoms with Crippen LogP contribution in [0.15, 0.2) is 53.4 Å². The molecule has 0 saturated heterocycles. The summed E-state index contributed by atoms with van der Waals surface area (Å²) in [6, 6.07) is 14.9. The highest BCUT2D eigenvalue weighted by Gasteiger charge is 2.28. The zero-order chi connectivity index (χ0) is 21.9. The summed E-state index contributed by atoms with van der Waals surface area (Å²) in [6.45, 7) is 7.13. The number of unbranched alkanes of at least 4 members (excludes halogenated alkanes) is 1. The number of benzene rings is 2. The molecule has 4 nitrogen and oxygen atoms in total. The Hall–Kier alpha value is -1.98. The van der Waals surface area contributed by atoms with E-state index in [0.717, 1.165) is 28.9 Å². The zero-order valence-corrected chi connectivity index (χ0v) is 19.6. The Morgan fingerprint density at radius 3 is 2.43 bits per heavy atom. The summed E-state index contributed by atoms with van der Waals surface area (Å²) >= 11 is 7.41. The number of nitrogens with zero attached hydrogens (tertiary/aromatic N) is 1. The first kappa shape index (κ1) is 24.3. The first-order valence-corrected chi connectivity index (χ1v) is 11.8. The minimum Gasteiger partial charge on any atom is -0.354 e. The van der Waals surface area contributed by atoms with Crippen molar-refractivity contribution in [2.45, 2.75) is 57.5 Å². The average Bonchev–Trinajstić information content (AvgIpc) is 2.74. The Bertz CT molecular complexity index is 826. The van der Waals surface area contributed by atoms with Crippen LogP contribution < -0.4 is 5.32 Å². The molecule has 0 radical (unpaired) electrons. The Kier molecular flexibility index (Phi) is 10.2. The molecule has 6 heteroatoms. The number of aryl methyl sites for hydroxylation is 1. The summed E-state index contributed by atoms with van der Waals surface area (Å²) in [4.78, 5) is 28.8. The highest BCUT2D eigenvalue weighted by Crippen LogP contribution is 2.22. The number of halogens is 1. The van der Waals surface area contributed by atoms with E-state index in [4.69, 9.17) is 11.6 Å². The largest absolute Gasteiger partial charge is 0.354 e. The molecule has 0 fully saturated rings. The number of hydrogen-bond donors (Lipinski definition) is 1. The van der Waals surface area contributed by atoms with Crippen molar-refractivity contribution in [2.75, 3.05) is 12.3 Å². The molecule has 0 aliphatic heterocycles. The lowest BCUT2D eigenvalue weighted by Gasteiger charge is -2.31. The molecule has 0 aliphatic rings. The van der Waals surface area contributed by atoms with E-state index in [9.17, 15) is 9.59 Å². The molecule has 2 aromatic carbocycles. The Balaban J connectivity index is 2.17. The zero-order valence-electron chi connectivity index (χ0n) is 18.0. The van der Waals surface area contributed by atoms with Crippen molar-refractivity contribution in [3.05, 3.63) is 64.7 Å². The summed E-state index contributed by atoms with van der Waals surface area (Å²) in [5.74, 6) is 0.145. The maximum absolute atomic E-state index is 13.2. The number of rotatable bonds is 11. The SMILES string of the molecule is CCCCNC(=O)[C@@H](CC)N(Cc1ccccc1C)C(=O)CSc1ccc(Cl)cc1. The summed E-state index contributed by atoms with van der Waals surface area (Å²) in [6.07, 6.45) is 2.52. The lowest BCUT2D eigenvalue weighted by Crippen LogP contribution is -2.49. The predicted molar refractivity (Wildman–Crippen MR) is 126 cm³/mol. The fourth-order valence-corrected chi connectivity index (χ4v) is 4.07. The molecule has 0 unspecified atom stereocenters. The molecular formula is C24H31ClN2O2S. The number of carbonyl (C=O) groups excluding carboxylic acids is 2. The van der Waals surface area contributed by atoms with Crippen LogP contribution in [0.1, 0.15) is 44.2 Å². The smallest absolute Gasteiger partial charge is 0.242 e. The van der Waals surface area contributed by atoms with E-state index < -0.39 is 6.04 Å². The van der Waals surface area contributed by atoms with Crippen molar-refractivity contribution < 1.29 is 9.59 Å². The molecule has 30 heavy (non-hydrogen) atoms. The van der Waals surface area contributed by atoms with Gasteiger partial charge in [0.2, 0.25) is 11.8 Å². The van der Waals surface area contributed by atoms with Gasteiger partial charge in [-0.25, -0.2) is 0 Å². The van der Waals surface area contributed by atoms with Gasteiger partial charge in [-0.05, 0) is 55.2 Å². The van der Waals surface area contributed by atoms with Crippen LogP contribution in [0.5, 0.6) is 0 Å². The topological polar surface area (TPSA) is 49.4 Å². The molecule has 1 N–H and O–H groups in total. The Morgan fingerprint density at radius 2 is 1.80 bits per heavy atom. The number of hydrogen-bond acceptors (Lipinski definition) is 3. The lowest BCUT2D eigenvalue weighted by molar-refractivity contribution is -0.139. The molecule has 0 aromatic heterocycles. The molecule has 0 aliphatic carbocycles. The highest BCUT2D eigenvalue weighted by atomic mass is 35.5. The monoisotopic (exact) mass is 446 g/mol. The molecule has 2 aromatic rings. The lowest BCUT2D eigenvalue weighted by atomic mass is 10.1. The highest BCUT2D eigenvalue weighted by molar-refractivity contribution is 8.00. The van der Waals surface area contributed by atoms with Crippen molar-refractivity contribution in [2.24, 2.45) is 0 Å². The number of thioether (sulfide) groups is 1. The minimum atomic E-state index is -0.486. The van der Waals surface area contributed by atoms with Crippen molar-refractivity contribution in [1.82, 2.24) is 10.2 Å². The van der Waals surface area contributed by atoms with E-state index in [1.165, 1.54) is 11.8 Å². The third-order valence-corrected chi connectivity index (χ3v) is 6.24. The number of amides is 2. The van der Waals surface area contributed by atoms with Crippen molar-refractivity contribution >= 4 is 35.2 Å². The third-order valence-electron chi connectivity index (χ3n) is 4.99. The third kappa shape index (κ3) is 7.37. The van der Waals surface area contributed by atoms with Crippen molar-refractivity contribution in [3.8, 4) is 0 Å². The molecule has 1 atom stereocenters. The summed E-state index contributed by atoms with van der Waals surface area (Å²) < 4.78 is 0. The van der Waals surface area contributed by atoms with Crippen molar-refractivity contribution in [1.29, 1.82) is 0 Å². The molecule has 162 valence electrons. The molecule has 0 bridgehead atoms. The first-order valence-electron chi connectivity index (χ1n) is 10.5. The van der Waals surface area contributed by atoms with Crippen LogP contribution in [-0.2, 0) is 16.1 Å². The molecule has 0 saturated carbocycles. The van der Waals surface area contributed by atoms with Gasteiger partial charge < -0.3 is 10.2 Å². The van der Waals surface area contributed by atoms with E-state index in [1.807, 2.05) is 62.4 Å². The van der Waals surface area contributed by atoms with Crippen molar-refractivity contribution in [3.63, 3.8) is 0 Å². The van der Waals surface area contributed by atoms with E-state index >= 15 is 0 Å². The van der Waals surface area contributed by atoms with Gasteiger partial charge in [0.15, 0.2) is 0 Å². The first-order chi connectivity index (χ1) is 14.5. The molecule has 0 spiro atoms. The van der Waals surface area contributed by atoms with Gasteiger partial charge in [-0.3, -0.25) is 9.59 Å². The molecule has 2 amide bonds. The van der Waals surface area contributed by atoms with E-state index in [0.29, 0.717) is 24.5 Å². The fourth-order valence-electron chi connectivity index (χ4n) is 3.16. The Labute approximate surface area is 189 Å². The summed E-state index contributed by atoms with van der Waals surface area (Å²) in [7, 11) is 0. The fraction of sp³-hybridized carbons (Fsp3) is 0.417. The van der Waals surface area contributed by atoms with Crippen LogP contribution in [0.4, 0.5) is 0 Å². The van der Waals surface area contributed by atoms with Crippen LogP contribution in [0.3, 0.4) is 0 Å². The second-order valence-electron chi connectivity index (χ2n) is 7.26. The average molecular weight is 447 g/mol. The van der Waals surface area contributed by atoms with Crippen LogP contribution >= 0.6 is 23.4 Å².